The van der Waals surface area contributed by atoms with Gasteiger partial charge in [0.1, 0.15) is 5.69 Å². The van der Waals surface area contributed by atoms with E-state index in [4.69, 9.17) is 0 Å². The lowest BCUT2D eigenvalue weighted by molar-refractivity contribution is 0.101. The molecular formula is C19H13N5O2S. The molecule has 2 amide bonds. The summed E-state index contributed by atoms with van der Waals surface area (Å²) in [6.45, 7) is 0. The number of carbonyl (C=O) groups excluding carboxylic acids is 2. The normalized spacial score (nSPS) is 10.5. The van der Waals surface area contributed by atoms with E-state index in [1.54, 1.807) is 41.9 Å². The molecule has 0 aliphatic rings. The molecular weight excluding hydrogens is 362 g/mol. The minimum atomic E-state index is -0.367. The molecule has 8 heteroatoms. The lowest BCUT2D eigenvalue weighted by Gasteiger charge is -2.07. The summed E-state index contributed by atoms with van der Waals surface area (Å²) in [6, 6.07) is 13.9. The van der Waals surface area contributed by atoms with Crippen LogP contribution in [0, 0.1) is 0 Å². The predicted molar refractivity (Wildman–Crippen MR) is 104 cm³/mol. The summed E-state index contributed by atoms with van der Waals surface area (Å²) in [5.41, 5.74) is 2.62. The molecule has 2 aromatic heterocycles. The third-order valence-corrected chi connectivity index (χ3v) is 4.43. The van der Waals surface area contributed by atoms with Gasteiger partial charge in [-0.3, -0.25) is 19.9 Å². The Balaban J connectivity index is 1.45. The Kier molecular flexibility index (Phi) is 4.54. The van der Waals surface area contributed by atoms with Crippen LogP contribution in [0.4, 0.5) is 10.8 Å². The molecule has 0 bridgehead atoms. The van der Waals surface area contributed by atoms with Crippen molar-refractivity contribution >= 4 is 45.0 Å². The standard InChI is InChI=1S/C19H13N5O2S/c25-17(24-19-20-9-10-27-19)12-5-7-13(8-6-12)22-18(26)16-11-21-14-3-1-2-4-15(14)23-16/h1-11H,(H,22,26)(H,20,24,25). The minimum absolute atomic E-state index is 0.222. The van der Waals surface area contributed by atoms with Crippen LogP contribution in [0.2, 0.25) is 0 Å². The lowest BCUT2D eigenvalue weighted by Crippen LogP contribution is -2.15. The minimum Gasteiger partial charge on any atom is -0.321 e. The van der Waals surface area contributed by atoms with E-state index in [0.29, 0.717) is 21.9 Å². The fourth-order valence-corrected chi connectivity index (χ4v) is 2.95. The molecule has 0 atom stereocenters. The van der Waals surface area contributed by atoms with Crippen molar-refractivity contribution in [3.8, 4) is 0 Å². The number of thiazole rings is 1. The number of nitrogens with zero attached hydrogens (tertiary/aromatic N) is 3. The van der Waals surface area contributed by atoms with Crippen LogP contribution in [0.1, 0.15) is 20.8 Å². The molecule has 4 rings (SSSR count). The predicted octanol–water partition coefficient (Wildman–Crippen LogP) is 3.59. The molecule has 7 nitrogen and oxygen atoms in total. The summed E-state index contributed by atoms with van der Waals surface area (Å²) in [5.74, 6) is -0.628. The number of aromatic nitrogens is 3. The molecule has 4 aromatic rings. The van der Waals surface area contributed by atoms with Gasteiger partial charge in [0.2, 0.25) is 0 Å². The zero-order valence-electron chi connectivity index (χ0n) is 13.9. The second-order valence-electron chi connectivity index (χ2n) is 5.57. The Hall–Kier alpha value is -3.65. The molecule has 0 saturated heterocycles. The van der Waals surface area contributed by atoms with Gasteiger partial charge < -0.3 is 5.32 Å². The van der Waals surface area contributed by atoms with Crippen molar-refractivity contribution < 1.29 is 9.59 Å². The van der Waals surface area contributed by atoms with Crippen molar-refractivity contribution in [1.82, 2.24) is 15.0 Å². The summed E-state index contributed by atoms with van der Waals surface area (Å²) < 4.78 is 0. The highest BCUT2D eigenvalue weighted by Crippen LogP contribution is 2.15. The molecule has 0 radical (unpaired) electrons. The number of rotatable bonds is 4. The molecule has 2 aromatic carbocycles. The zero-order valence-corrected chi connectivity index (χ0v) is 14.7. The van der Waals surface area contributed by atoms with Gasteiger partial charge in [-0.05, 0) is 36.4 Å². The monoisotopic (exact) mass is 375 g/mol. The van der Waals surface area contributed by atoms with Crippen molar-refractivity contribution in [3.05, 3.63) is 77.6 Å². The Morgan fingerprint density at radius 2 is 1.63 bits per heavy atom. The van der Waals surface area contributed by atoms with Gasteiger partial charge in [-0.25, -0.2) is 9.97 Å². The number of hydrogen-bond donors (Lipinski definition) is 2. The Labute approximate surface area is 158 Å². The number of anilines is 2. The number of nitrogens with one attached hydrogen (secondary N) is 2. The topological polar surface area (TPSA) is 96.9 Å². The van der Waals surface area contributed by atoms with Crippen LogP contribution in [0.5, 0.6) is 0 Å². The summed E-state index contributed by atoms with van der Waals surface area (Å²) in [5, 5.41) is 7.77. The molecule has 0 spiro atoms. The van der Waals surface area contributed by atoms with Gasteiger partial charge in [0, 0.05) is 22.8 Å². The van der Waals surface area contributed by atoms with Gasteiger partial charge in [0.15, 0.2) is 5.13 Å². The van der Waals surface area contributed by atoms with Crippen LogP contribution in [-0.4, -0.2) is 26.8 Å². The first-order valence-corrected chi connectivity index (χ1v) is 8.91. The molecule has 0 unspecified atom stereocenters. The van der Waals surface area contributed by atoms with E-state index in [0.717, 1.165) is 5.52 Å². The highest BCUT2D eigenvalue weighted by Gasteiger charge is 2.11. The average molecular weight is 375 g/mol. The van der Waals surface area contributed by atoms with Crippen LogP contribution in [-0.2, 0) is 0 Å². The van der Waals surface area contributed by atoms with Gasteiger partial charge in [-0.2, -0.15) is 0 Å². The summed E-state index contributed by atoms with van der Waals surface area (Å²) in [4.78, 5) is 37.1. The molecule has 2 heterocycles. The van der Waals surface area contributed by atoms with Gasteiger partial charge in [-0.1, -0.05) is 12.1 Å². The van der Waals surface area contributed by atoms with Gasteiger partial charge in [-0.15, -0.1) is 11.3 Å². The number of carbonyl (C=O) groups is 2. The van der Waals surface area contributed by atoms with E-state index in [-0.39, 0.29) is 17.5 Å². The Morgan fingerprint density at radius 1 is 0.852 bits per heavy atom. The Bertz CT molecular complexity index is 1110. The van der Waals surface area contributed by atoms with Crippen LogP contribution >= 0.6 is 11.3 Å². The second kappa shape index (κ2) is 7.30. The van der Waals surface area contributed by atoms with E-state index in [1.165, 1.54) is 17.5 Å². The summed E-state index contributed by atoms with van der Waals surface area (Å²) >= 11 is 1.34. The number of hydrogen-bond acceptors (Lipinski definition) is 6. The first kappa shape index (κ1) is 16.8. The molecule has 2 N–H and O–H groups in total. The summed E-state index contributed by atoms with van der Waals surface area (Å²) in [7, 11) is 0. The van der Waals surface area contributed by atoms with E-state index in [2.05, 4.69) is 25.6 Å². The van der Waals surface area contributed by atoms with E-state index in [9.17, 15) is 9.59 Å². The van der Waals surface area contributed by atoms with Crippen LogP contribution in [0.25, 0.3) is 11.0 Å². The maximum atomic E-state index is 12.4. The van der Waals surface area contributed by atoms with Crippen molar-refractivity contribution in [3.63, 3.8) is 0 Å². The second-order valence-corrected chi connectivity index (χ2v) is 6.46. The Morgan fingerprint density at radius 3 is 2.37 bits per heavy atom. The maximum absolute atomic E-state index is 12.4. The average Bonchev–Trinajstić information content (AvgIpc) is 3.21. The first-order chi connectivity index (χ1) is 13.2. The number of benzene rings is 2. The molecule has 0 aliphatic carbocycles. The highest BCUT2D eigenvalue weighted by atomic mass is 32.1. The SMILES string of the molecule is O=C(Nc1nccs1)c1ccc(NC(=O)c2cnc3ccccc3n2)cc1. The van der Waals surface area contributed by atoms with Gasteiger partial charge >= 0.3 is 0 Å². The van der Waals surface area contributed by atoms with Crippen molar-refractivity contribution in [1.29, 1.82) is 0 Å². The van der Waals surface area contributed by atoms with Crippen LogP contribution < -0.4 is 10.6 Å². The quantitative estimate of drug-likeness (QED) is 0.568. The zero-order chi connectivity index (χ0) is 18.6. The van der Waals surface area contributed by atoms with E-state index < -0.39 is 0 Å². The maximum Gasteiger partial charge on any atom is 0.275 e. The van der Waals surface area contributed by atoms with Crippen molar-refractivity contribution in [2.45, 2.75) is 0 Å². The third kappa shape index (κ3) is 3.80. The first-order valence-electron chi connectivity index (χ1n) is 8.03. The summed E-state index contributed by atoms with van der Waals surface area (Å²) in [6.07, 6.45) is 3.06. The van der Waals surface area contributed by atoms with Crippen molar-refractivity contribution in [2.24, 2.45) is 0 Å². The van der Waals surface area contributed by atoms with Gasteiger partial charge in [0.05, 0.1) is 17.2 Å². The number of amides is 2. The smallest absolute Gasteiger partial charge is 0.275 e. The fourth-order valence-electron chi connectivity index (χ4n) is 2.42. The molecule has 27 heavy (non-hydrogen) atoms. The number of para-hydroxylation sites is 2. The largest absolute Gasteiger partial charge is 0.321 e. The fraction of sp³-hybridized carbons (Fsp3) is 0. The molecule has 0 aliphatic heterocycles. The van der Waals surface area contributed by atoms with Gasteiger partial charge in [0.25, 0.3) is 11.8 Å². The lowest BCUT2D eigenvalue weighted by atomic mass is 10.2. The number of fused-ring (bicyclic) bond motifs is 1. The molecule has 0 fully saturated rings. The molecule has 0 saturated carbocycles. The van der Waals surface area contributed by atoms with Crippen molar-refractivity contribution in [2.75, 3.05) is 10.6 Å². The van der Waals surface area contributed by atoms with E-state index >= 15 is 0 Å². The van der Waals surface area contributed by atoms with E-state index in [1.807, 2.05) is 18.2 Å². The van der Waals surface area contributed by atoms with Crippen LogP contribution in [0.15, 0.2) is 66.3 Å². The highest BCUT2D eigenvalue weighted by molar-refractivity contribution is 7.13. The molecule has 132 valence electrons. The third-order valence-electron chi connectivity index (χ3n) is 3.74. The van der Waals surface area contributed by atoms with Crippen LogP contribution in [0.3, 0.4) is 0 Å².